The maximum absolute atomic E-state index is 11.9. The highest BCUT2D eigenvalue weighted by atomic mass is 16.2. The van der Waals surface area contributed by atoms with E-state index < -0.39 is 0 Å². The lowest BCUT2D eigenvalue weighted by Gasteiger charge is -2.22. The van der Waals surface area contributed by atoms with E-state index >= 15 is 0 Å². The first-order chi connectivity index (χ1) is 7.93. The molecule has 1 amide bonds. The second-order valence-electron chi connectivity index (χ2n) is 5.20. The predicted octanol–water partition coefficient (Wildman–Crippen LogP) is 3.42. The first-order valence-corrected chi connectivity index (χ1v) is 6.26. The van der Waals surface area contributed by atoms with Crippen molar-refractivity contribution in [2.45, 2.75) is 40.2 Å². The highest BCUT2D eigenvalue weighted by molar-refractivity contribution is 5.77. The third-order valence-corrected chi connectivity index (χ3v) is 2.95. The van der Waals surface area contributed by atoms with Crippen LogP contribution in [-0.2, 0) is 11.3 Å². The molecule has 0 atom stereocenters. The van der Waals surface area contributed by atoms with Gasteiger partial charge in [0.15, 0.2) is 0 Å². The minimum Gasteiger partial charge on any atom is -0.341 e. The number of rotatable bonds is 4. The van der Waals surface area contributed by atoms with E-state index in [9.17, 15) is 4.79 Å². The lowest BCUT2D eigenvalue weighted by atomic mass is 9.97. The zero-order valence-electron chi connectivity index (χ0n) is 11.5. The summed E-state index contributed by atoms with van der Waals surface area (Å²) >= 11 is 0. The molecule has 0 heterocycles. The summed E-state index contributed by atoms with van der Waals surface area (Å²) in [5.74, 6) is 0.753. The lowest BCUT2D eigenvalue weighted by molar-refractivity contribution is -0.133. The average molecular weight is 233 g/mol. The molecule has 17 heavy (non-hydrogen) atoms. The SMILES string of the molecule is CC(C)C(=O)N(C)Cc1ccccc1C(C)C. The highest BCUT2D eigenvalue weighted by Gasteiger charge is 2.15. The van der Waals surface area contributed by atoms with E-state index in [-0.39, 0.29) is 11.8 Å². The number of benzene rings is 1. The molecule has 94 valence electrons. The Morgan fingerprint density at radius 2 is 1.76 bits per heavy atom. The second-order valence-corrected chi connectivity index (χ2v) is 5.20. The van der Waals surface area contributed by atoms with Crippen LogP contribution in [0.4, 0.5) is 0 Å². The molecule has 0 fully saturated rings. The number of carbonyl (C=O) groups excluding carboxylic acids is 1. The van der Waals surface area contributed by atoms with Gasteiger partial charge < -0.3 is 4.90 Å². The standard InChI is InChI=1S/C15H23NO/c1-11(2)14-9-7-6-8-13(14)10-16(5)15(17)12(3)4/h6-9,11-12H,10H2,1-5H3. The van der Waals surface area contributed by atoms with Crippen molar-refractivity contribution in [3.63, 3.8) is 0 Å². The van der Waals surface area contributed by atoms with E-state index in [1.165, 1.54) is 11.1 Å². The van der Waals surface area contributed by atoms with Crippen LogP contribution >= 0.6 is 0 Å². The average Bonchev–Trinajstić information content (AvgIpc) is 2.28. The second kappa shape index (κ2) is 5.85. The van der Waals surface area contributed by atoms with Gasteiger partial charge in [-0.05, 0) is 17.0 Å². The Bertz CT molecular complexity index is 382. The van der Waals surface area contributed by atoms with Gasteiger partial charge in [-0.1, -0.05) is 52.0 Å². The molecule has 0 spiro atoms. The van der Waals surface area contributed by atoms with E-state index in [0.29, 0.717) is 12.5 Å². The van der Waals surface area contributed by atoms with Gasteiger partial charge in [0.1, 0.15) is 0 Å². The predicted molar refractivity (Wildman–Crippen MR) is 71.8 cm³/mol. The van der Waals surface area contributed by atoms with Crippen LogP contribution in [0.3, 0.4) is 0 Å². The van der Waals surface area contributed by atoms with Gasteiger partial charge in [0.2, 0.25) is 5.91 Å². The van der Waals surface area contributed by atoms with Crippen molar-refractivity contribution in [3.05, 3.63) is 35.4 Å². The molecule has 0 unspecified atom stereocenters. The van der Waals surface area contributed by atoms with Gasteiger partial charge in [-0.3, -0.25) is 4.79 Å². The number of nitrogens with zero attached hydrogens (tertiary/aromatic N) is 1. The molecule has 1 rings (SSSR count). The fraction of sp³-hybridized carbons (Fsp3) is 0.533. The Morgan fingerprint density at radius 3 is 2.29 bits per heavy atom. The lowest BCUT2D eigenvalue weighted by Crippen LogP contribution is -2.30. The Labute approximate surface area is 105 Å². The van der Waals surface area contributed by atoms with Crippen molar-refractivity contribution in [1.82, 2.24) is 4.90 Å². The molecule has 0 aliphatic carbocycles. The minimum atomic E-state index is 0.0613. The van der Waals surface area contributed by atoms with Crippen molar-refractivity contribution in [2.75, 3.05) is 7.05 Å². The molecule has 0 bridgehead atoms. The molecule has 0 N–H and O–H groups in total. The number of hydrogen-bond acceptors (Lipinski definition) is 1. The van der Waals surface area contributed by atoms with Crippen LogP contribution in [0.25, 0.3) is 0 Å². The molecule has 0 aliphatic heterocycles. The molecular weight excluding hydrogens is 210 g/mol. The normalized spacial score (nSPS) is 11.0. The summed E-state index contributed by atoms with van der Waals surface area (Å²) in [4.78, 5) is 13.7. The quantitative estimate of drug-likeness (QED) is 0.780. The molecule has 0 radical (unpaired) electrons. The number of hydrogen-bond donors (Lipinski definition) is 0. The maximum atomic E-state index is 11.9. The molecular formula is C15H23NO. The highest BCUT2D eigenvalue weighted by Crippen LogP contribution is 2.20. The van der Waals surface area contributed by atoms with Gasteiger partial charge in [-0.25, -0.2) is 0 Å². The Kier molecular flexibility index (Phi) is 4.73. The van der Waals surface area contributed by atoms with Crippen molar-refractivity contribution in [2.24, 2.45) is 5.92 Å². The maximum Gasteiger partial charge on any atom is 0.225 e. The van der Waals surface area contributed by atoms with E-state index in [1.54, 1.807) is 0 Å². The fourth-order valence-corrected chi connectivity index (χ4v) is 2.02. The molecule has 0 aliphatic rings. The van der Waals surface area contributed by atoms with E-state index in [1.807, 2.05) is 31.9 Å². The van der Waals surface area contributed by atoms with Crippen molar-refractivity contribution in [3.8, 4) is 0 Å². The smallest absolute Gasteiger partial charge is 0.225 e. The Hall–Kier alpha value is -1.31. The van der Waals surface area contributed by atoms with E-state index in [2.05, 4.69) is 32.0 Å². The van der Waals surface area contributed by atoms with E-state index in [4.69, 9.17) is 0 Å². The molecule has 1 aromatic carbocycles. The molecule has 1 aromatic rings. The van der Waals surface area contributed by atoms with Gasteiger partial charge in [0.25, 0.3) is 0 Å². The number of carbonyl (C=O) groups is 1. The first kappa shape index (κ1) is 13.8. The molecule has 0 saturated heterocycles. The first-order valence-electron chi connectivity index (χ1n) is 6.26. The zero-order valence-corrected chi connectivity index (χ0v) is 11.5. The van der Waals surface area contributed by atoms with Crippen LogP contribution in [0.15, 0.2) is 24.3 Å². The summed E-state index contributed by atoms with van der Waals surface area (Å²) in [6.45, 7) is 8.94. The van der Waals surface area contributed by atoms with Gasteiger partial charge in [0, 0.05) is 19.5 Å². The third kappa shape index (κ3) is 3.58. The summed E-state index contributed by atoms with van der Waals surface area (Å²) in [6.07, 6.45) is 0. The summed E-state index contributed by atoms with van der Waals surface area (Å²) < 4.78 is 0. The monoisotopic (exact) mass is 233 g/mol. The summed E-state index contributed by atoms with van der Waals surface area (Å²) in [6, 6.07) is 8.35. The Balaban J connectivity index is 2.85. The van der Waals surface area contributed by atoms with Crippen molar-refractivity contribution in [1.29, 1.82) is 0 Å². The van der Waals surface area contributed by atoms with E-state index in [0.717, 1.165) is 0 Å². The summed E-state index contributed by atoms with van der Waals surface area (Å²) in [7, 11) is 1.87. The fourth-order valence-electron chi connectivity index (χ4n) is 2.02. The van der Waals surface area contributed by atoms with Crippen LogP contribution in [-0.4, -0.2) is 17.9 Å². The molecule has 2 heteroatoms. The Morgan fingerprint density at radius 1 is 1.18 bits per heavy atom. The molecule has 2 nitrogen and oxygen atoms in total. The van der Waals surface area contributed by atoms with Crippen LogP contribution in [0.2, 0.25) is 0 Å². The molecule has 0 aromatic heterocycles. The third-order valence-electron chi connectivity index (χ3n) is 2.95. The van der Waals surface area contributed by atoms with Gasteiger partial charge >= 0.3 is 0 Å². The van der Waals surface area contributed by atoms with Crippen molar-refractivity contribution >= 4 is 5.91 Å². The van der Waals surface area contributed by atoms with Gasteiger partial charge in [-0.2, -0.15) is 0 Å². The topological polar surface area (TPSA) is 20.3 Å². The van der Waals surface area contributed by atoms with Gasteiger partial charge in [-0.15, -0.1) is 0 Å². The van der Waals surface area contributed by atoms with Crippen LogP contribution in [0, 0.1) is 5.92 Å². The molecule has 0 saturated carbocycles. The van der Waals surface area contributed by atoms with Crippen LogP contribution in [0.5, 0.6) is 0 Å². The minimum absolute atomic E-state index is 0.0613. The van der Waals surface area contributed by atoms with Crippen molar-refractivity contribution < 1.29 is 4.79 Å². The van der Waals surface area contributed by atoms with Crippen LogP contribution < -0.4 is 0 Å². The number of amides is 1. The zero-order chi connectivity index (χ0) is 13.0. The van der Waals surface area contributed by atoms with Gasteiger partial charge in [0.05, 0.1) is 0 Å². The van der Waals surface area contributed by atoms with Crippen LogP contribution in [0.1, 0.15) is 44.7 Å². The summed E-state index contributed by atoms with van der Waals surface area (Å²) in [5, 5.41) is 0. The largest absolute Gasteiger partial charge is 0.341 e. The summed E-state index contributed by atoms with van der Waals surface area (Å²) in [5.41, 5.74) is 2.58.